The molecular weight excluding hydrogens is 288 g/mol. The van der Waals surface area contributed by atoms with Gasteiger partial charge < -0.3 is 10.3 Å². The first-order valence-electron chi connectivity index (χ1n) is 7.57. The van der Waals surface area contributed by atoms with Crippen LogP contribution in [-0.4, -0.2) is 16.9 Å². The van der Waals surface area contributed by atoms with Crippen molar-refractivity contribution in [3.8, 4) is 11.1 Å². The van der Waals surface area contributed by atoms with Crippen molar-refractivity contribution in [2.75, 3.05) is 0 Å². The van der Waals surface area contributed by atoms with Gasteiger partial charge in [-0.2, -0.15) is 0 Å². The van der Waals surface area contributed by atoms with Crippen LogP contribution >= 0.6 is 0 Å². The van der Waals surface area contributed by atoms with Gasteiger partial charge in [-0.05, 0) is 60.7 Å². The molecular formula is C19H18N2O2. The lowest BCUT2D eigenvalue weighted by Gasteiger charge is -2.09. The fraction of sp³-hybridized carbons (Fsp3) is 0.158. The zero-order valence-corrected chi connectivity index (χ0v) is 13.1. The first-order valence-corrected chi connectivity index (χ1v) is 7.57. The molecule has 2 N–H and O–H groups in total. The van der Waals surface area contributed by atoms with E-state index in [2.05, 4.69) is 10.3 Å². The molecule has 23 heavy (non-hydrogen) atoms. The van der Waals surface area contributed by atoms with Crippen molar-refractivity contribution < 1.29 is 4.79 Å². The molecule has 0 fully saturated rings. The third kappa shape index (κ3) is 3.31. The number of hydrogen-bond donors (Lipinski definition) is 2. The largest absolute Gasteiger partial charge is 0.350 e. The predicted octanol–water partition coefficient (Wildman–Crippen LogP) is 3.33. The first kappa shape index (κ1) is 15.0. The second-order valence-electron chi connectivity index (χ2n) is 5.83. The van der Waals surface area contributed by atoms with Crippen molar-refractivity contribution in [1.82, 2.24) is 10.3 Å². The number of hydrogen-bond acceptors (Lipinski definition) is 2. The third-order valence-electron chi connectivity index (χ3n) is 3.62. The number of amides is 1. The molecule has 0 saturated heterocycles. The molecule has 1 aromatic heterocycles. The summed E-state index contributed by atoms with van der Waals surface area (Å²) in [5.74, 6) is -0.0670. The monoisotopic (exact) mass is 306 g/mol. The van der Waals surface area contributed by atoms with Gasteiger partial charge in [-0.15, -0.1) is 0 Å². The van der Waals surface area contributed by atoms with Gasteiger partial charge in [-0.1, -0.05) is 18.2 Å². The number of benzene rings is 2. The number of carbonyl (C=O) groups is 1. The van der Waals surface area contributed by atoms with Crippen LogP contribution in [0.15, 0.2) is 59.4 Å². The molecule has 1 amide bonds. The Morgan fingerprint density at radius 1 is 0.957 bits per heavy atom. The summed E-state index contributed by atoms with van der Waals surface area (Å²) in [6.07, 6.45) is 0. The van der Waals surface area contributed by atoms with Gasteiger partial charge in [0.2, 0.25) is 5.56 Å². The van der Waals surface area contributed by atoms with Gasteiger partial charge in [-0.3, -0.25) is 9.59 Å². The molecule has 116 valence electrons. The smallest absolute Gasteiger partial charge is 0.251 e. The van der Waals surface area contributed by atoms with Crippen LogP contribution in [0.1, 0.15) is 24.2 Å². The minimum absolute atomic E-state index is 0.0670. The van der Waals surface area contributed by atoms with Crippen molar-refractivity contribution in [2.45, 2.75) is 19.9 Å². The van der Waals surface area contributed by atoms with Crippen molar-refractivity contribution in [3.63, 3.8) is 0 Å². The molecule has 4 heteroatoms. The molecule has 4 nitrogen and oxygen atoms in total. The van der Waals surface area contributed by atoms with E-state index in [1.807, 2.05) is 62.4 Å². The molecule has 0 unspecified atom stereocenters. The average molecular weight is 306 g/mol. The van der Waals surface area contributed by atoms with Gasteiger partial charge in [0.1, 0.15) is 0 Å². The van der Waals surface area contributed by atoms with Crippen molar-refractivity contribution in [2.24, 2.45) is 0 Å². The van der Waals surface area contributed by atoms with Crippen LogP contribution in [0.3, 0.4) is 0 Å². The zero-order valence-electron chi connectivity index (χ0n) is 13.1. The van der Waals surface area contributed by atoms with E-state index in [9.17, 15) is 9.59 Å². The van der Waals surface area contributed by atoms with Crippen LogP contribution in [0.5, 0.6) is 0 Å². The summed E-state index contributed by atoms with van der Waals surface area (Å²) < 4.78 is 0. The van der Waals surface area contributed by atoms with Crippen LogP contribution in [0.25, 0.3) is 22.0 Å². The van der Waals surface area contributed by atoms with E-state index in [1.54, 1.807) is 0 Å². The average Bonchev–Trinajstić information content (AvgIpc) is 2.54. The summed E-state index contributed by atoms with van der Waals surface area (Å²) in [6, 6.07) is 16.8. The van der Waals surface area contributed by atoms with Crippen LogP contribution in [-0.2, 0) is 0 Å². The number of carbonyl (C=O) groups excluding carboxylic acids is 1. The molecule has 3 aromatic rings. The lowest BCUT2D eigenvalue weighted by atomic mass is 10.0. The Labute approximate surface area is 134 Å². The summed E-state index contributed by atoms with van der Waals surface area (Å²) in [4.78, 5) is 26.1. The third-order valence-corrected chi connectivity index (χ3v) is 3.62. The van der Waals surface area contributed by atoms with Gasteiger partial charge in [0, 0.05) is 23.2 Å². The molecule has 0 aliphatic carbocycles. The highest BCUT2D eigenvalue weighted by Crippen LogP contribution is 2.23. The highest BCUT2D eigenvalue weighted by atomic mass is 16.1. The van der Waals surface area contributed by atoms with E-state index in [-0.39, 0.29) is 17.5 Å². The molecule has 0 spiro atoms. The molecule has 3 rings (SSSR count). The normalized spacial score (nSPS) is 10.9. The molecule has 0 radical (unpaired) electrons. The van der Waals surface area contributed by atoms with Gasteiger partial charge in [0.05, 0.1) is 0 Å². The fourth-order valence-corrected chi connectivity index (χ4v) is 2.49. The Balaban J connectivity index is 1.91. The number of aromatic nitrogens is 1. The Morgan fingerprint density at radius 2 is 1.65 bits per heavy atom. The van der Waals surface area contributed by atoms with E-state index in [0.29, 0.717) is 5.56 Å². The second kappa shape index (κ2) is 6.08. The second-order valence-corrected chi connectivity index (χ2v) is 5.83. The zero-order chi connectivity index (χ0) is 16.4. The van der Waals surface area contributed by atoms with E-state index in [4.69, 9.17) is 0 Å². The van der Waals surface area contributed by atoms with Gasteiger partial charge in [0.15, 0.2) is 0 Å². The molecule has 0 saturated carbocycles. The van der Waals surface area contributed by atoms with Crippen LogP contribution in [0, 0.1) is 0 Å². The van der Waals surface area contributed by atoms with E-state index < -0.39 is 0 Å². The van der Waals surface area contributed by atoms with E-state index in [1.165, 1.54) is 6.07 Å². The SMILES string of the molecule is CC(C)NC(=O)c1ccc(-c2ccc3[nH]c(=O)ccc3c2)cc1. The number of pyridine rings is 1. The number of H-pyrrole nitrogens is 1. The van der Waals surface area contributed by atoms with Crippen molar-refractivity contribution >= 4 is 16.8 Å². The topological polar surface area (TPSA) is 62.0 Å². The first-order chi connectivity index (χ1) is 11.0. The van der Waals surface area contributed by atoms with Crippen LogP contribution in [0.4, 0.5) is 0 Å². The molecule has 0 aliphatic heterocycles. The summed E-state index contributed by atoms with van der Waals surface area (Å²) in [7, 11) is 0. The Kier molecular flexibility index (Phi) is 3.98. The Hall–Kier alpha value is -2.88. The summed E-state index contributed by atoms with van der Waals surface area (Å²) >= 11 is 0. The van der Waals surface area contributed by atoms with E-state index in [0.717, 1.165) is 22.0 Å². The Morgan fingerprint density at radius 3 is 2.35 bits per heavy atom. The molecule has 0 atom stereocenters. The Bertz CT molecular complexity index is 909. The predicted molar refractivity (Wildman–Crippen MR) is 92.6 cm³/mol. The number of fused-ring (bicyclic) bond motifs is 1. The highest BCUT2D eigenvalue weighted by molar-refractivity contribution is 5.95. The number of aromatic amines is 1. The lowest BCUT2D eigenvalue weighted by Crippen LogP contribution is -2.29. The quantitative estimate of drug-likeness (QED) is 0.779. The fourth-order valence-electron chi connectivity index (χ4n) is 2.49. The van der Waals surface area contributed by atoms with Crippen molar-refractivity contribution in [3.05, 3.63) is 70.5 Å². The summed E-state index contributed by atoms with van der Waals surface area (Å²) in [6.45, 7) is 3.87. The maximum Gasteiger partial charge on any atom is 0.251 e. The van der Waals surface area contributed by atoms with E-state index >= 15 is 0 Å². The summed E-state index contributed by atoms with van der Waals surface area (Å²) in [5, 5.41) is 3.85. The van der Waals surface area contributed by atoms with Gasteiger partial charge in [-0.25, -0.2) is 0 Å². The number of nitrogens with one attached hydrogen (secondary N) is 2. The van der Waals surface area contributed by atoms with Crippen molar-refractivity contribution in [1.29, 1.82) is 0 Å². The molecule has 1 heterocycles. The minimum atomic E-state index is -0.106. The standard InChI is InChI=1S/C19H18N2O2/c1-12(2)20-19(23)14-5-3-13(4-6-14)15-7-9-17-16(11-15)8-10-18(22)21-17/h3-12H,1-2H3,(H,20,23)(H,21,22). The van der Waals surface area contributed by atoms with Gasteiger partial charge >= 0.3 is 0 Å². The summed E-state index contributed by atoms with van der Waals surface area (Å²) in [5.41, 5.74) is 3.42. The molecule has 0 aliphatic rings. The maximum atomic E-state index is 12.0. The molecule has 0 bridgehead atoms. The van der Waals surface area contributed by atoms with Gasteiger partial charge in [0.25, 0.3) is 5.91 Å². The molecule has 2 aromatic carbocycles. The van der Waals surface area contributed by atoms with Crippen LogP contribution in [0.2, 0.25) is 0 Å². The highest BCUT2D eigenvalue weighted by Gasteiger charge is 2.07. The van der Waals surface area contributed by atoms with Crippen LogP contribution < -0.4 is 10.9 Å². The maximum absolute atomic E-state index is 12.0. The lowest BCUT2D eigenvalue weighted by molar-refractivity contribution is 0.0943. The minimum Gasteiger partial charge on any atom is -0.350 e. The number of rotatable bonds is 3.